The van der Waals surface area contributed by atoms with Gasteiger partial charge in [-0.2, -0.15) is 18.3 Å². The lowest BCUT2D eigenvalue weighted by Gasteiger charge is -2.16. The molecule has 1 aromatic carbocycles. The van der Waals surface area contributed by atoms with E-state index in [1.54, 1.807) is 13.8 Å². The smallest absolute Gasteiger partial charge is 0.419 e. The van der Waals surface area contributed by atoms with E-state index in [2.05, 4.69) is 10.1 Å². The second-order valence-electron chi connectivity index (χ2n) is 4.85. The highest BCUT2D eigenvalue weighted by atomic mass is 19.4. The molecule has 0 amide bonds. The van der Waals surface area contributed by atoms with Crippen molar-refractivity contribution in [2.24, 2.45) is 0 Å². The second-order valence-corrected chi connectivity index (χ2v) is 4.85. The SMILES string of the molecule is Cc1nc(C)n(C[C@@H](O)COc2ccccc2C(F)(F)F)n1. The van der Waals surface area contributed by atoms with Crippen molar-refractivity contribution in [3.05, 3.63) is 41.5 Å². The van der Waals surface area contributed by atoms with Gasteiger partial charge < -0.3 is 9.84 Å². The maximum absolute atomic E-state index is 12.8. The molecule has 0 saturated heterocycles. The number of aliphatic hydroxyl groups excluding tert-OH is 1. The lowest BCUT2D eigenvalue weighted by atomic mass is 10.2. The fourth-order valence-corrected chi connectivity index (χ4v) is 2.00. The summed E-state index contributed by atoms with van der Waals surface area (Å²) in [4.78, 5) is 4.08. The third-order valence-electron chi connectivity index (χ3n) is 2.97. The molecule has 0 radical (unpaired) electrons. The quantitative estimate of drug-likeness (QED) is 0.920. The molecule has 1 aromatic heterocycles. The number of para-hydroxylation sites is 1. The Kier molecular flexibility index (Phi) is 4.70. The van der Waals surface area contributed by atoms with Crippen molar-refractivity contribution in [3.63, 3.8) is 0 Å². The van der Waals surface area contributed by atoms with Gasteiger partial charge in [0.05, 0.1) is 12.1 Å². The van der Waals surface area contributed by atoms with E-state index in [-0.39, 0.29) is 18.9 Å². The van der Waals surface area contributed by atoms with Gasteiger partial charge in [0.25, 0.3) is 0 Å². The van der Waals surface area contributed by atoms with E-state index >= 15 is 0 Å². The molecule has 0 aliphatic rings. The average Bonchev–Trinajstić information content (AvgIpc) is 2.74. The van der Waals surface area contributed by atoms with Crippen LogP contribution in [-0.2, 0) is 12.7 Å². The summed E-state index contributed by atoms with van der Waals surface area (Å²) in [6.45, 7) is 3.27. The van der Waals surface area contributed by atoms with Gasteiger partial charge in [-0.1, -0.05) is 12.1 Å². The molecule has 0 aliphatic heterocycles. The minimum Gasteiger partial charge on any atom is -0.490 e. The zero-order valence-corrected chi connectivity index (χ0v) is 12.1. The Hall–Kier alpha value is -2.09. The van der Waals surface area contributed by atoms with E-state index in [1.165, 1.54) is 22.9 Å². The van der Waals surface area contributed by atoms with E-state index in [9.17, 15) is 18.3 Å². The van der Waals surface area contributed by atoms with Gasteiger partial charge in [0.1, 0.15) is 30.1 Å². The van der Waals surface area contributed by atoms with Crippen molar-refractivity contribution < 1.29 is 23.0 Å². The lowest BCUT2D eigenvalue weighted by molar-refractivity contribution is -0.139. The van der Waals surface area contributed by atoms with Gasteiger partial charge in [-0.25, -0.2) is 9.67 Å². The number of aryl methyl sites for hydroxylation is 2. The van der Waals surface area contributed by atoms with Crippen LogP contribution in [0.3, 0.4) is 0 Å². The summed E-state index contributed by atoms with van der Waals surface area (Å²) in [6.07, 6.45) is -5.50. The van der Waals surface area contributed by atoms with Crippen molar-refractivity contribution in [2.45, 2.75) is 32.7 Å². The van der Waals surface area contributed by atoms with Gasteiger partial charge in [-0.15, -0.1) is 0 Å². The number of nitrogens with zero attached hydrogens (tertiary/aromatic N) is 3. The maximum Gasteiger partial charge on any atom is 0.419 e. The van der Waals surface area contributed by atoms with Crippen molar-refractivity contribution in [1.29, 1.82) is 0 Å². The number of benzene rings is 1. The minimum absolute atomic E-state index is 0.0981. The molecule has 0 unspecified atom stereocenters. The van der Waals surface area contributed by atoms with Gasteiger partial charge in [0.15, 0.2) is 0 Å². The molecular weight excluding hydrogens is 299 g/mol. The van der Waals surface area contributed by atoms with Crippen LogP contribution in [0.1, 0.15) is 17.2 Å². The normalized spacial score (nSPS) is 13.2. The minimum atomic E-state index is -4.50. The Bertz CT molecular complexity index is 641. The Morgan fingerprint density at radius 1 is 1.27 bits per heavy atom. The van der Waals surface area contributed by atoms with E-state index in [0.29, 0.717) is 11.6 Å². The highest BCUT2D eigenvalue weighted by Gasteiger charge is 2.34. The predicted molar refractivity (Wildman–Crippen MR) is 72.4 cm³/mol. The maximum atomic E-state index is 12.8. The number of halogens is 3. The van der Waals surface area contributed by atoms with Crippen LogP contribution in [0.15, 0.2) is 24.3 Å². The van der Waals surface area contributed by atoms with Crippen LogP contribution in [0, 0.1) is 13.8 Å². The predicted octanol–water partition coefficient (Wildman–Crippen LogP) is 2.35. The summed E-state index contributed by atoms with van der Waals surface area (Å²) in [7, 11) is 0. The Morgan fingerprint density at radius 3 is 2.55 bits per heavy atom. The Balaban J connectivity index is 2.00. The van der Waals surface area contributed by atoms with Crippen LogP contribution in [0.5, 0.6) is 5.75 Å². The van der Waals surface area contributed by atoms with Crippen LogP contribution in [-0.4, -0.2) is 32.6 Å². The van der Waals surface area contributed by atoms with E-state index in [0.717, 1.165) is 6.07 Å². The van der Waals surface area contributed by atoms with Crippen molar-refractivity contribution in [3.8, 4) is 5.75 Å². The average molecular weight is 315 g/mol. The summed E-state index contributed by atoms with van der Waals surface area (Å²) in [6, 6.07) is 4.89. The molecule has 1 atom stereocenters. The van der Waals surface area contributed by atoms with Crippen LogP contribution < -0.4 is 4.74 Å². The van der Waals surface area contributed by atoms with Crippen LogP contribution >= 0.6 is 0 Å². The molecule has 2 rings (SSSR count). The molecule has 1 heterocycles. The Morgan fingerprint density at radius 2 is 1.95 bits per heavy atom. The number of alkyl halides is 3. The fraction of sp³-hybridized carbons (Fsp3) is 0.429. The Labute approximate surface area is 125 Å². The topological polar surface area (TPSA) is 60.2 Å². The molecule has 120 valence electrons. The van der Waals surface area contributed by atoms with Crippen LogP contribution in [0.4, 0.5) is 13.2 Å². The molecule has 0 aliphatic carbocycles. The molecule has 0 saturated carbocycles. The molecule has 5 nitrogen and oxygen atoms in total. The first-order chi connectivity index (χ1) is 10.3. The van der Waals surface area contributed by atoms with Crippen LogP contribution in [0.2, 0.25) is 0 Å². The standard InChI is InChI=1S/C14H16F3N3O2/c1-9-18-10(2)20(19-9)7-11(21)8-22-13-6-4-3-5-12(13)14(15,16)17/h3-6,11,21H,7-8H2,1-2H3/t11-/m1/s1. The molecule has 1 N–H and O–H groups in total. The lowest BCUT2D eigenvalue weighted by Crippen LogP contribution is -2.25. The molecule has 0 fully saturated rings. The number of aromatic nitrogens is 3. The molecule has 0 bridgehead atoms. The third kappa shape index (κ3) is 3.97. The molecule has 0 spiro atoms. The number of hydrogen-bond donors (Lipinski definition) is 1. The van der Waals surface area contributed by atoms with Crippen molar-refractivity contribution >= 4 is 0 Å². The number of hydrogen-bond acceptors (Lipinski definition) is 4. The van der Waals surface area contributed by atoms with Gasteiger partial charge in [-0.05, 0) is 26.0 Å². The first-order valence-electron chi connectivity index (χ1n) is 6.62. The first kappa shape index (κ1) is 16.3. The van der Waals surface area contributed by atoms with Gasteiger partial charge in [0.2, 0.25) is 0 Å². The van der Waals surface area contributed by atoms with Crippen LogP contribution in [0.25, 0.3) is 0 Å². The van der Waals surface area contributed by atoms with Gasteiger partial charge >= 0.3 is 6.18 Å². The van der Waals surface area contributed by atoms with Gasteiger partial charge in [-0.3, -0.25) is 0 Å². The largest absolute Gasteiger partial charge is 0.490 e. The summed E-state index contributed by atoms with van der Waals surface area (Å²) in [5.74, 6) is 0.876. The highest BCUT2D eigenvalue weighted by molar-refractivity contribution is 5.35. The van der Waals surface area contributed by atoms with E-state index in [1.807, 2.05) is 0 Å². The second kappa shape index (κ2) is 6.35. The molecule has 2 aromatic rings. The summed E-state index contributed by atoms with van der Waals surface area (Å²) in [5, 5.41) is 14.0. The van der Waals surface area contributed by atoms with Crippen molar-refractivity contribution in [2.75, 3.05) is 6.61 Å². The number of ether oxygens (including phenoxy) is 1. The van der Waals surface area contributed by atoms with Crippen molar-refractivity contribution in [1.82, 2.24) is 14.8 Å². The number of rotatable bonds is 5. The highest BCUT2D eigenvalue weighted by Crippen LogP contribution is 2.35. The number of aliphatic hydroxyl groups is 1. The molecular formula is C14H16F3N3O2. The zero-order valence-electron chi connectivity index (χ0n) is 12.1. The first-order valence-corrected chi connectivity index (χ1v) is 6.62. The van der Waals surface area contributed by atoms with E-state index in [4.69, 9.17) is 4.74 Å². The van der Waals surface area contributed by atoms with Gasteiger partial charge in [0, 0.05) is 0 Å². The summed E-state index contributed by atoms with van der Waals surface area (Å²) >= 11 is 0. The van der Waals surface area contributed by atoms with E-state index < -0.39 is 17.8 Å². The fourth-order valence-electron chi connectivity index (χ4n) is 2.00. The third-order valence-corrected chi connectivity index (χ3v) is 2.97. The molecule has 8 heteroatoms. The summed E-state index contributed by atoms with van der Waals surface area (Å²) in [5.41, 5.74) is -0.866. The summed E-state index contributed by atoms with van der Waals surface area (Å²) < 4.78 is 45.0. The molecule has 22 heavy (non-hydrogen) atoms. The monoisotopic (exact) mass is 315 g/mol. The zero-order chi connectivity index (χ0) is 16.3.